The molecule has 0 radical (unpaired) electrons. The molecule has 0 aromatic carbocycles. The summed E-state index contributed by atoms with van der Waals surface area (Å²) < 4.78 is 33.4. The smallest absolute Gasteiger partial charge is 0.462 e. The fraction of sp³-hybridized carbons (Fsp3) is 0.951. The Morgan fingerprint density at radius 2 is 0.821 bits per heavy atom. The maximum absolute atomic E-state index is 12.8. The Labute approximate surface area is 338 Å². The Kier molecular flexibility index (Phi) is 33.9. The molecular formula is C41H82NO13P. The number of unbranched alkanes of at least 4 members (excludes halogenated alkanes) is 24. The average Bonchev–Trinajstić information content (AvgIpc) is 3.16. The van der Waals surface area contributed by atoms with Gasteiger partial charge in [-0.2, -0.15) is 0 Å². The Hall–Kier alpha value is -1.19. The molecule has 0 bridgehead atoms. The van der Waals surface area contributed by atoms with Gasteiger partial charge in [0.15, 0.2) is 6.10 Å². The molecule has 0 heterocycles. The van der Waals surface area contributed by atoms with Crippen LogP contribution < -0.4 is 6.15 Å². The van der Waals surface area contributed by atoms with Crippen LogP contribution in [0.4, 0.5) is 0 Å². The van der Waals surface area contributed by atoms with Crippen LogP contribution >= 0.6 is 7.82 Å². The SMILES string of the molecule is CCCCCCCCCCCCCCCC(=O)OCC(COP(=O)(O)OC1C(O)C(O)C(O)C(O)C1O)OC(=O)CCCCCCCCCCCCCCC.N. The van der Waals surface area contributed by atoms with Crippen molar-refractivity contribution in [1.29, 1.82) is 0 Å². The second-order valence-corrected chi connectivity index (χ2v) is 17.0. The van der Waals surface area contributed by atoms with E-state index >= 15 is 0 Å². The molecule has 6 atom stereocenters. The molecule has 334 valence electrons. The number of phosphoric acid groups is 1. The lowest BCUT2D eigenvalue weighted by molar-refractivity contribution is -0.220. The van der Waals surface area contributed by atoms with Crippen molar-refractivity contribution >= 4 is 19.8 Å². The monoisotopic (exact) mass is 828 g/mol. The van der Waals surface area contributed by atoms with Gasteiger partial charge >= 0.3 is 19.8 Å². The van der Waals surface area contributed by atoms with E-state index < -0.39 is 75.7 Å². The van der Waals surface area contributed by atoms with Crippen molar-refractivity contribution in [2.45, 2.75) is 236 Å². The van der Waals surface area contributed by atoms with Gasteiger partial charge in [-0.1, -0.05) is 168 Å². The molecule has 14 nitrogen and oxygen atoms in total. The van der Waals surface area contributed by atoms with Crippen molar-refractivity contribution in [3.8, 4) is 0 Å². The van der Waals surface area contributed by atoms with Crippen LogP contribution in [0.15, 0.2) is 0 Å². The molecule has 1 saturated carbocycles. The first-order chi connectivity index (χ1) is 26.4. The normalized spacial score (nSPS) is 22.6. The predicted molar refractivity (Wildman–Crippen MR) is 217 cm³/mol. The van der Waals surface area contributed by atoms with Crippen LogP contribution in [0.1, 0.15) is 194 Å². The number of aliphatic hydroxyl groups excluding tert-OH is 5. The molecule has 0 spiro atoms. The molecular weight excluding hydrogens is 745 g/mol. The minimum absolute atomic E-state index is 0. The molecule has 1 aliphatic carbocycles. The first-order valence-corrected chi connectivity index (χ1v) is 23.3. The third kappa shape index (κ3) is 26.7. The molecule has 6 unspecified atom stereocenters. The first-order valence-electron chi connectivity index (χ1n) is 21.8. The second-order valence-electron chi connectivity index (χ2n) is 15.6. The highest BCUT2D eigenvalue weighted by Gasteiger charge is 2.51. The molecule has 1 aliphatic rings. The van der Waals surface area contributed by atoms with Crippen molar-refractivity contribution in [3.63, 3.8) is 0 Å². The van der Waals surface area contributed by atoms with Crippen LogP contribution in [-0.2, 0) is 32.7 Å². The van der Waals surface area contributed by atoms with Crippen molar-refractivity contribution in [3.05, 3.63) is 0 Å². The van der Waals surface area contributed by atoms with Gasteiger partial charge < -0.3 is 46.1 Å². The summed E-state index contributed by atoms with van der Waals surface area (Å²) in [7, 11) is -5.10. The predicted octanol–water partition coefficient (Wildman–Crippen LogP) is 7.89. The lowest BCUT2D eigenvalue weighted by atomic mass is 9.85. The molecule has 1 fully saturated rings. The number of hydrogen-bond acceptors (Lipinski definition) is 13. The molecule has 15 heteroatoms. The zero-order valence-corrected chi connectivity index (χ0v) is 35.8. The standard InChI is InChI=1S/C41H79O13P.H3N/c1-3-5-7-9-11-13-15-17-19-21-23-25-27-29-34(42)51-31-33(32-52-55(49,50)54-41-39(47)37(45)36(44)38(46)40(41)48)53-35(43)30-28-26-24-22-20-18-16-14-12-10-8-6-4-2;/h33,36-41,44-48H,3-32H2,1-2H3,(H,49,50);1H3. The van der Waals surface area contributed by atoms with E-state index in [0.717, 1.165) is 38.5 Å². The van der Waals surface area contributed by atoms with Crippen molar-refractivity contribution in [2.24, 2.45) is 0 Å². The van der Waals surface area contributed by atoms with Crippen molar-refractivity contribution in [2.75, 3.05) is 13.2 Å². The topological polar surface area (TPSA) is 245 Å². The third-order valence-corrected chi connectivity index (χ3v) is 11.4. The number of phosphoric ester groups is 1. The van der Waals surface area contributed by atoms with E-state index in [0.29, 0.717) is 12.8 Å². The highest BCUT2D eigenvalue weighted by Crippen LogP contribution is 2.47. The summed E-state index contributed by atoms with van der Waals surface area (Å²) in [6, 6.07) is 0. The van der Waals surface area contributed by atoms with E-state index in [9.17, 15) is 44.6 Å². The lowest BCUT2D eigenvalue weighted by Gasteiger charge is -2.41. The summed E-state index contributed by atoms with van der Waals surface area (Å²) in [4.78, 5) is 35.6. The molecule has 0 aromatic heterocycles. The number of hydrogen-bond donors (Lipinski definition) is 7. The molecule has 0 aromatic rings. The lowest BCUT2D eigenvalue weighted by Crippen LogP contribution is -2.64. The number of carbonyl (C=O) groups excluding carboxylic acids is 2. The Bertz CT molecular complexity index is 993. The van der Waals surface area contributed by atoms with E-state index in [-0.39, 0.29) is 19.0 Å². The summed E-state index contributed by atoms with van der Waals surface area (Å²) in [5.41, 5.74) is 0. The Balaban J connectivity index is 0.0000302. The van der Waals surface area contributed by atoms with Gasteiger partial charge in [-0.15, -0.1) is 0 Å². The van der Waals surface area contributed by atoms with Gasteiger partial charge in [-0.25, -0.2) is 4.57 Å². The molecule has 9 N–H and O–H groups in total. The van der Waals surface area contributed by atoms with Crippen LogP contribution in [0, 0.1) is 0 Å². The molecule has 56 heavy (non-hydrogen) atoms. The molecule has 0 amide bonds. The average molecular weight is 828 g/mol. The van der Waals surface area contributed by atoms with Gasteiger partial charge in [-0.05, 0) is 12.8 Å². The molecule has 1 rings (SSSR count). The number of carbonyl (C=O) groups is 2. The van der Waals surface area contributed by atoms with Gasteiger partial charge in [0.2, 0.25) is 0 Å². The van der Waals surface area contributed by atoms with Gasteiger partial charge in [0.25, 0.3) is 0 Å². The minimum Gasteiger partial charge on any atom is -0.462 e. The summed E-state index contributed by atoms with van der Waals surface area (Å²) in [6.45, 7) is 3.29. The van der Waals surface area contributed by atoms with Gasteiger partial charge in [-0.3, -0.25) is 18.6 Å². The van der Waals surface area contributed by atoms with Crippen LogP contribution in [0.25, 0.3) is 0 Å². The van der Waals surface area contributed by atoms with Gasteiger partial charge in [0, 0.05) is 12.8 Å². The van der Waals surface area contributed by atoms with Crippen LogP contribution in [0.5, 0.6) is 0 Å². The fourth-order valence-corrected chi connectivity index (χ4v) is 7.85. The van der Waals surface area contributed by atoms with E-state index in [1.165, 1.54) is 116 Å². The van der Waals surface area contributed by atoms with E-state index in [2.05, 4.69) is 13.8 Å². The van der Waals surface area contributed by atoms with Crippen molar-refractivity contribution in [1.82, 2.24) is 6.15 Å². The quantitative estimate of drug-likeness (QED) is 0.0180. The number of aliphatic hydroxyl groups is 5. The highest BCUT2D eigenvalue weighted by atomic mass is 31.2. The molecule has 0 saturated heterocycles. The van der Waals surface area contributed by atoms with Gasteiger partial charge in [0.1, 0.15) is 43.2 Å². The minimum atomic E-state index is -5.10. The number of rotatable bonds is 36. The Morgan fingerprint density at radius 3 is 1.20 bits per heavy atom. The summed E-state index contributed by atoms with van der Waals surface area (Å²) in [6.07, 6.45) is 17.3. The maximum atomic E-state index is 12.8. The van der Waals surface area contributed by atoms with Crippen molar-refractivity contribution < 1.29 is 63.1 Å². The number of esters is 2. The fourth-order valence-electron chi connectivity index (χ4n) is 6.88. The summed E-state index contributed by atoms with van der Waals surface area (Å²) in [5, 5.41) is 50.0. The zero-order valence-electron chi connectivity index (χ0n) is 34.9. The van der Waals surface area contributed by atoms with Gasteiger partial charge in [0.05, 0.1) is 6.61 Å². The maximum Gasteiger partial charge on any atom is 0.472 e. The number of ether oxygens (including phenoxy) is 2. The third-order valence-electron chi connectivity index (χ3n) is 10.4. The van der Waals surface area contributed by atoms with E-state index in [4.69, 9.17) is 18.5 Å². The largest absolute Gasteiger partial charge is 0.472 e. The zero-order chi connectivity index (χ0) is 40.7. The van der Waals surface area contributed by atoms with Crippen LogP contribution in [0.2, 0.25) is 0 Å². The van der Waals surface area contributed by atoms with E-state index in [1.54, 1.807) is 0 Å². The Morgan fingerprint density at radius 1 is 0.500 bits per heavy atom. The summed E-state index contributed by atoms with van der Waals surface area (Å²) in [5.74, 6) is -1.09. The first kappa shape index (κ1) is 54.8. The molecule has 0 aliphatic heterocycles. The summed E-state index contributed by atoms with van der Waals surface area (Å²) >= 11 is 0. The van der Waals surface area contributed by atoms with E-state index in [1.807, 2.05) is 0 Å². The second kappa shape index (κ2) is 34.7. The highest BCUT2D eigenvalue weighted by molar-refractivity contribution is 7.47. The van der Waals surface area contributed by atoms with Crippen LogP contribution in [0.3, 0.4) is 0 Å². The van der Waals surface area contributed by atoms with Crippen LogP contribution in [-0.4, -0.2) is 98.3 Å².